The molecule has 0 bridgehead atoms. The van der Waals surface area contributed by atoms with Crippen molar-refractivity contribution in [3.63, 3.8) is 0 Å². The third-order valence-corrected chi connectivity index (χ3v) is 3.02. The summed E-state index contributed by atoms with van der Waals surface area (Å²) in [4.78, 5) is 15.8. The number of carbonyl (C=O) groups excluding carboxylic acids is 1. The van der Waals surface area contributed by atoms with Crippen LogP contribution in [0.3, 0.4) is 0 Å². The van der Waals surface area contributed by atoms with Gasteiger partial charge in [-0.15, -0.1) is 0 Å². The molecule has 4 heteroatoms. The molecule has 1 heterocycles. The van der Waals surface area contributed by atoms with E-state index in [-0.39, 0.29) is 6.03 Å². The first-order valence-electron chi connectivity index (χ1n) is 6.14. The number of urea groups is 1. The fourth-order valence-electron chi connectivity index (χ4n) is 2.07. The van der Waals surface area contributed by atoms with Crippen LogP contribution in [0.5, 0.6) is 0 Å². The molecule has 2 rings (SSSR count). The van der Waals surface area contributed by atoms with Crippen LogP contribution in [-0.4, -0.2) is 43.7 Å². The molecule has 92 valence electrons. The van der Waals surface area contributed by atoms with E-state index < -0.39 is 0 Å². The zero-order chi connectivity index (χ0) is 12.1. The fraction of sp³-hybridized carbons (Fsp3) is 0.462. The van der Waals surface area contributed by atoms with Crippen molar-refractivity contribution >= 4 is 11.7 Å². The van der Waals surface area contributed by atoms with Gasteiger partial charge in [0.15, 0.2) is 0 Å². The smallest absolute Gasteiger partial charge is 0.317 e. The molecule has 0 atom stereocenters. The lowest BCUT2D eigenvalue weighted by Gasteiger charge is -2.36. The summed E-state index contributed by atoms with van der Waals surface area (Å²) in [7, 11) is 0. The van der Waals surface area contributed by atoms with E-state index in [0.717, 1.165) is 26.2 Å². The number of hydrogen-bond acceptors (Lipinski definition) is 2. The Balaban J connectivity index is 1.88. The average Bonchev–Trinajstić information content (AvgIpc) is 2.40. The lowest BCUT2D eigenvalue weighted by Crippen LogP contribution is -2.51. The van der Waals surface area contributed by atoms with E-state index in [4.69, 9.17) is 0 Å². The Morgan fingerprint density at radius 2 is 1.82 bits per heavy atom. The van der Waals surface area contributed by atoms with Crippen molar-refractivity contribution in [3.05, 3.63) is 30.3 Å². The van der Waals surface area contributed by atoms with Crippen LogP contribution in [0.25, 0.3) is 0 Å². The lowest BCUT2D eigenvalue weighted by molar-refractivity contribution is 0.195. The summed E-state index contributed by atoms with van der Waals surface area (Å²) >= 11 is 0. The Hall–Kier alpha value is -1.71. The van der Waals surface area contributed by atoms with Crippen LogP contribution >= 0.6 is 0 Å². The highest BCUT2D eigenvalue weighted by atomic mass is 16.2. The summed E-state index contributed by atoms with van der Waals surface area (Å²) in [5.74, 6) is 0. The molecule has 1 N–H and O–H groups in total. The molecule has 0 spiro atoms. The van der Waals surface area contributed by atoms with E-state index in [1.165, 1.54) is 5.69 Å². The second kappa shape index (κ2) is 5.57. The Morgan fingerprint density at radius 3 is 2.41 bits per heavy atom. The first-order chi connectivity index (χ1) is 8.31. The quantitative estimate of drug-likeness (QED) is 0.841. The minimum Gasteiger partial charge on any atom is -0.368 e. The Labute approximate surface area is 102 Å². The first-order valence-corrected chi connectivity index (χ1v) is 6.14. The number of para-hydroxylation sites is 1. The topological polar surface area (TPSA) is 35.6 Å². The maximum Gasteiger partial charge on any atom is 0.317 e. The second-order valence-electron chi connectivity index (χ2n) is 4.15. The van der Waals surface area contributed by atoms with Crippen LogP contribution in [-0.2, 0) is 0 Å². The van der Waals surface area contributed by atoms with E-state index in [0.29, 0.717) is 6.54 Å². The number of amides is 2. The lowest BCUT2D eigenvalue weighted by atomic mass is 10.2. The summed E-state index contributed by atoms with van der Waals surface area (Å²) in [5, 5.41) is 2.84. The van der Waals surface area contributed by atoms with E-state index in [1.807, 2.05) is 30.0 Å². The van der Waals surface area contributed by atoms with Gasteiger partial charge in [-0.3, -0.25) is 0 Å². The van der Waals surface area contributed by atoms with E-state index in [1.54, 1.807) is 0 Å². The maximum absolute atomic E-state index is 11.6. The molecule has 0 saturated carbocycles. The van der Waals surface area contributed by atoms with Gasteiger partial charge in [-0.25, -0.2) is 4.79 Å². The number of rotatable bonds is 2. The highest BCUT2D eigenvalue weighted by Gasteiger charge is 2.20. The molecule has 1 saturated heterocycles. The molecule has 4 nitrogen and oxygen atoms in total. The minimum atomic E-state index is 0.0558. The summed E-state index contributed by atoms with van der Waals surface area (Å²) < 4.78 is 0. The van der Waals surface area contributed by atoms with Gasteiger partial charge in [-0.1, -0.05) is 18.2 Å². The summed E-state index contributed by atoms with van der Waals surface area (Å²) in [6, 6.07) is 10.4. The van der Waals surface area contributed by atoms with Gasteiger partial charge >= 0.3 is 6.03 Å². The number of anilines is 1. The summed E-state index contributed by atoms with van der Waals surface area (Å²) in [6.45, 7) is 6.03. The Morgan fingerprint density at radius 1 is 1.18 bits per heavy atom. The fourth-order valence-corrected chi connectivity index (χ4v) is 2.07. The number of hydrogen-bond donors (Lipinski definition) is 1. The van der Waals surface area contributed by atoms with Crippen molar-refractivity contribution in [1.82, 2.24) is 10.2 Å². The monoisotopic (exact) mass is 233 g/mol. The molecule has 1 aliphatic rings. The van der Waals surface area contributed by atoms with E-state index in [9.17, 15) is 4.79 Å². The molecule has 0 aliphatic carbocycles. The molecule has 0 radical (unpaired) electrons. The number of nitrogens with one attached hydrogen (secondary N) is 1. The van der Waals surface area contributed by atoms with Crippen LogP contribution in [0.2, 0.25) is 0 Å². The maximum atomic E-state index is 11.6. The standard InChI is InChI=1S/C13H19N3O/c1-2-14-13(17)16-10-8-15(9-11-16)12-6-4-3-5-7-12/h3-7H,2,8-11H2,1H3,(H,14,17). The van der Waals surface area contributed by atoms with Crippen molar-refractivity contribution in [2.45, 2.75) is 6.92 Å². The average molecular weight is 233 g/mol. The first kappa shape index (κ1) is 11.8. The third kappa shape index (κ3) is 2.90. The number of benzene rings is 1. The van der Waals surface area contributed by atoms with Crippen molar-refractivity contribution < 1.29 is 4.79 Å². The molecular weight excluding hydrogens is 214 g/mol. The van der Waals surface area contributed by atoms with Crippen LogP contribution < -0.4 is 10.2 Å². The van der Waals surface area contributed by atoms with Crippen molar-refractivity contribution in [3.8, 4) is 0 Å². The zero-order valence-electron chi connectivity index (χ0n) is 10.2. The van der Waals surface area contributed by atoms with Gasteiger partial charge in [0.05, 0.1) is 0 Å². The van der Waals surface area contributed by atoms with Crippen LogP contribution in [0.1, 0.15) is 6.92 Å². The van der Waals surface area contributed by atoms with E-state index >= 15 is 0 Å². The normalized spacial score (nSPS) is 15.8. The molecule has 1 fully saturated rings. The molecule has 17 heavy (non-hydrogen) atoms. The molecule has 1 aromatic rings. The summed E-state index contributed by atoms with van der Waals surface area (Å²) in [5.41, 5.74) is 1.24. The summed E-state index contributed by atoms with van der Waals surface area (Å²) in [6.07, 6.45) is 0. The van der Waals surface area contributed by atoms with Gasteiger partial charge in [-0.2, -0.15) is 0 Å². The molecular formula is C13H19N3O. The van der Waals surface area contributed by atoms with Gasteiger partial charge in [0.2, 0.25) is 0 Å². The van der Waals surface area contributed by atoms with Gasteiger partial charge in [0, 0.05) is 38.4 Å². The van der Waals surface area contributed by atoms with Crippen LogP contribution in [0, 0.1) is 0 Å². The zero-order valence-corrected chi connectivity index (χ0v) is 10.2. The minimum absolute atomic E-state index is 0.0558. The third-order valence-electron chi connectivity index (χ3n) is 3.02. The predicted molar refractivity (Wildman–Crippen MR) is 69.3 cm³/mol. The number of nitrogens with zero attached hydrogens (tertiary/aromatic N) is 2. The molecule has 2 amide bonds. The van der Waals surface area contributed by atoms with Crippen LogP contribution in [0.4, 0.5) is 10.5 Å². The van der Waals surface area contributed by atoms with Gasteiger partial charge in [-0.05, 0) is 19.1 Å². The molecule has 1 aromatic carbocycles. The Kier molecular flexibility index (Phi) is 3.85. The van der Waals surface area contributed by atoms with Gasteiger partial charge in [0.25, 0.3) is 0 Å². The number of piperazine rings is 1. The number of carbonyl (C=O) groups is 1. The SMILES string of the molecule is CCNC(=O)N1CCN(c2ccccc2)CC1. The highest BCUT2D eigenvalue weighted by molar-refractivity contribution is 5.74. The largest absolute Gasteiger partial charge is 0.368 e. The van der Waals surface area contributed by atoms with E-state index in [2.05, 4.69) is 22.3 Å². The highest BCUT2D eigenvalue weighted by Crippen LogP contribution is 2.15. The predicted octanol–water partition coefficient (Wildman–Crippen LogP) is 1.54. The molecule has 1 aliphatic heterocycles. The van der Waals surface area contributed by atoms with Crippen LogP contribution in [0.15, 0.2) is 30.3 Å². The van der Waals surface area contributed by atoms with Gasteiger partial charge < -0.3 is 15.1 Å². The second-order valence-corrected chi connectivity index (χ2v) is 4.15. The van der Waals surface area contributed by atoms with Crippen molar-refractivity contribution in [1.29, 1.82) is 0 Å². The van der Waals surface area contributed by atoms with Crippen molar-refractivity contribution in [2.75, 3.05) is 37.6 Å². The van der Waals surface area contributed by atoms with Gasteiger partial charge in [0.1, 0.15) is 0 Å². The van der Waals surface area contributed by atoms with Crippen molar-refractivity contribution in [2.24, 2.45) is 0 Å². The molecule has 0 aromatic heterocycles. The Bertz CT molecular complexity index is 358. The molecule has 0 unspecified atom stereocenters.